The van der Waals surface area contributed by atoms with Gasteiger partial charge in [-0.3, -0.25) is 4.79 Å². The Hall–Kier alpha value is -3.41. The highest BCUT2D eigenvalue weighted by molar-refractivity contribution is 6.03. The molecule has 0 aliphatic carbocycles. The quantitative estimate of drug-likeness (QED) is 0.679. The normalized spacial score (nSPS) is 10.5. The molecule has 1 N–H and O–H groups in total. The minimum absolute atomic E-state index is 0.178. The molecule has 0 saturated heterocycles. The first kappa shape index (κ1) is 18.4. The average molecular weight is 364 g/mol. The van der Waals surface area contributed by atoms with E-state index >= 15 is 0 Å². The topological polar surface area (TPSA) is 81.4 Å². The molecule has 0 bridgehead atoms. The van der Waals surface area contributed by atoms with Gasteiger partial charge in [0, 0.05) is 17.3 Å². The summed E-state index contributed by atoms with van der Waals surface area (Å²) in [6, 6.07) is 14.0. The van der Waals surface area contributed by atoms with E-state index < -0.39 is 11.9 Å². The van der Waals surface area contributed by atoms with Gasteiger partial charge in [0.1, 0.15) is 0 Å². The molecule has 6 heteroatoms. The Morgan fingerprint density at radius 2 is 1.78 bits per heavy atom. The number of aryl methyl sites for hydroxylation is 2. The van der Waals surface area contributed by atoms with Crippen LogP contribution < -0.4 is 5.32 Å². The van der Waals surface area contributed by atoms with Gasteiger partial charge in [-0.05, 0) is 62.2 Å². The van der Waals surface area contributed by atoms with Crippen LogP contribution in [0.3, 0.4) is 0 Å². The van der Waals surface area contributed by atoms with Gasteiger partial charge in [0.05, 0.1) is 12.2 Å². The third-order valence-corrected chi connectivity index (χ3v) is 4.19. The highest BCUT2D eigenvalue weighted by Gasteiger charge is 2.15. The number of anilines is 1. The lowest BCUT2D eigenvalue weighted by atomic mass is 10.0. The highest BCUT2D eigenvalue weighted by Crippen LogP contribution is 2.23. The Morgan fingerprint density at radius 3 is 2.44 bits per heavy atom. The predicted molar refractivity (Wildman–Crippen MR) is 102 cm³/mol. The second-order valence-corrected chi connectivity index (χ2v) is 6.13. The lowest BCUT2D eigenvalue weighted by Gasteiger charge is -2.05. The second-order valence-electron chi connectivity index (χ2n) is 6.13. The number of rotatable bonds is 5. The van der Waals surface area contributed by atoms with E-state index in [9.17, 15) is 9.59 Å². The molecular formula is C21H20N2O4. The lowest BCUT2D eigenvalue weighted by Crippen LogP contribution is -2.12. The van der Waals surface area contributed by atoms with E-state index in [4.69, 9.17) is 9.26 Å². The first-order valence-electron chi connectivity index (χ1n) is 8.61. The van der Waals surface area contributed by atoms with Gasteiger partial charge in [-0.25, -0.2) is 4.79 Å². The molecule has 1 heterocycles. The zero-order valence-corrected chi connectivity index (χ0v) is 15.4. The van der Waals surface area contributed by atoms with Crippen LogP contribution in [0.1, 0.15) is 38.9 Å². The fourth-order valence-corrected chi connectivity index (χ4v) is 2.51. The van der Waals surface area contributed by atoms with E-state index in [0.29, 0.717) is 23.6 Å². The molecule has 1 amide bonds. The van der Waals surface area contributed by atoms with Gasteiger partial charge in [-0.15, -0.1) is 0 Å². The van der Waals surface area contributed by atoms with E-state index in [1.165, 1.54) is 5.56 Å². The highest BCUT2D eigenvalue weighted by atomic mass is 16.5. The number of amides is 1. The van der Waals surface area contributed by atoms with Gasteiger partial charge >= 0.3 is 5.97 Å². The fraction of sp³-hybridized carbons (Fsp3) is 0.190. The lowest BCUT2D eigenvalue weighted by molar-refractivity contribution is 0.0526. The first-order valence-corrected chi connectivity index (χ1v) is 8.61. The van der Waals surface area contributed by atoms with E-state index in [0.717, 1.165) is 11.1 Å². The molecule has 3 aromatic rings. The number of carbonyl (C=O) groups excluding carboxylic acids is 2. The van der Waals surface area contributed by atoms with E-state index in [-0.39, 0.29) is 5.69 Å². The Kier molecular flexibility index (Phi) is 5.35. The number of aromatic nitrogens is 1. The summed E-state index contributed by atoms with van der Waals surface area (Å²) in [5.74, 6) is -0.261. The monoisotopic (exact) mass is 364 g/mol. The van der Waals surface area contributed by atoms with Crippen LogP contribution >= 0.6 is 0 Å². The Balaban J connectivity index is 1.71. The Morgan fingerprint density at radius 1 is 1.04 bits per heavy atom. The fourth-order valence-electron chi connectivity index (χ4n) is 2.51. The molecular weight excluding hydrogens is 344 g/mol. The molecule has 0 saturated carbocycles. The van der Waals surface area contributed by atoms with Crippen molar-refractivity contribution in [2.24, 2.45) is 0 Å². The van der Waals surface area contributed by atoms with Crippen LogP contribution in [-0.4, -0.2) is 23.6 Å². The molecule has 27 heavy (non-hydrogen) atoms. The maximum absolute atomic E-state index is 12.4. The number of hydrogen-bond acceptors (Lipinski definition) is 5. The zero-order valence-electron chi connectivity index (χ0n) is 15.4. The van der Waals surface area contributed by atoms with Crippen molar-refractivity contribution in [3.8, 4) is 11.3 Å². The van der Waals surface area contributed by atoms with Crippen LogP contribution in [0.5, 0.6) is 0 Å². The molecule has 0 aliphatic rings. The third kappa shape index (κ3) is 4.23. The molecule has 0 atom stereocenters. The van der Waals surface area contributed by atoms with Crippen LogP contribution in [0.25, 0.3) is 11.3 Å². The number of benzene rings is 2. The van der Waals surface area contributed by atoms with E-state index in [2.05, 4.69) is 10.5 Å². The van der Waals surface area contributed by atoms with E-state index in [1.54, 1.807) is 37.3 Å². The summed E-state index contributed by atoms with van der Waals surface area (Å²) in [6.45, 7) is 6.11. The number of carbonyl (C=O) groups is 2. The summed E-state index contributed by atoms with van der Waals surface area (Å²) in [6.07, 6.45) is 0. The van der Waals surface area contributed by atoms with Gasteiger partial charge < -0.3 is 14.6 Å². The van der Waals surface area contributed by atoms with Crippen molar-refractivity contribution >= 4 is 17.6 Å². The van der Waals surface area contributed by atoms with Gasteiger partial charge in [0.2, 0.25) is 0 Å². The van der Waals surface area contributed by atoms with Crippen LogP contribution in [0.15, 0.2) is 53.1 Å². The van der Waals surface area contributed by atoms with Crippen molar-refractivity contribution in [1.82, 2.24) is 5.16 Å². The smallest absolute Gasteiger partial charge is 0.338 e. The molecule has 0 spiro atoms. The average Bonchev–Trinajstić information content (AvgIpc) is 3.15. The summed E-state index contributed by atoms with van der Waals surface area (Å²) < 4.78 is 10.2. The largest absolute Gasteiger partial charge is 0.462 e. The van der Waals surface area contributed by atoms with Crippen molar-refractivity contribution in [3.63, 3.8) is 0 Å². The summed E-state index contributed by atoms with van der Waals surface area (Å²) >= 11 is 0. The van der Waals surface area contributed by atoms with Crippen LogP contribution in [0.2, 0.25) is 0 Å². The maximum Gasteiger partial charge on any atom is 0.338 e. The zero-order chi connectivity index (χ0) is 19.4. The number of nitrogens with zero attached hydrogens (tertiary/aromatic N) is 1. The molecule has 2 aromatic carbocycles. The van der Waals surface area contributed by atoms with Crippen molar-refractivity contribution in [2.45, 2.75) is 20.8 Å². The summed E-state index contributed by atoms with van der Waals surface area (Å²) in [5.41, 5.74) is 4.33. The Bertz CT molecular complexity index is 974. The van der Waals surface area contributed by atoms with Gasteiger partial charge in [0.25, 0.3) is 5.91 Å². The number of ether oxygens (including phenoxy) is 1. The molecule has 3 rings (SSSR count). The van der Waals surface area contributed by atoms with Crippen molar-refractivity contribution in [2.75, 3.05) is 11.9 Å². The number of hydrogen-bond donors (Lipinski definition) is 1. The maximum atomic E-state index is 12.4. The molecule has 0 aliphatic heterocycles. The SMILES string of the molecule is CCOC(=O)c1ccc(NC(=O)c2cc(-c3ccc(C)c(C)c3)on2)cc1. The van der Waals surface area contributed by atoms with E-state index in [1.807, 2.05) is 32.0 Å². The summed E-state index contributed by atoms with van der Waals surface area (Å²) in [7, 11) is 0. The van der Waals surface area contributed by atoms with Gasteiger partial charge in [-0.1, -0.05) is 17.3 Å². The van der Waals surface area contributed by atoms with Crippen molar-refractivity contribution in [3.05, 3.63) is 70.9 Å². The van der Waals surface area contributed by atoms with Crippen LogP contribution in [-0.2, 0) is 4.74 Å². The van der Waals surface area contributed by atoms with Crippen molar-refractivity contribution in [1.29, 1.82) is 0 Å². The number of esters is 1. The molecule has 138 valence electrons. The van der Waals surface area contributed by atoms with Gasteiger partial charge in [0.15, 0.2) is 11.5 Å². The predicted octanol–water partition coefficient (Wildman–Crippen LogP) is 4.39. The van der Waals surface area contributed by atoms with Gasteiger partial charge in [-0.2, -0.15) is 0 Å². The minimum atomic E-state index is -0.398. The second kappa shape index (κ2) is 7.86. The first-order chi connectivity index (χ1) is 13.0. The Labute approximate surface area is 157 Å². The van der Waals surface area contributed by atoms with Crippen LogP contribution in [0.4, 0.5) is 5.69 Å². The van der Waals surface area contributed by atoms with Crippen molar-refractivity contribution < 1.29 is 18.8 Å². The van der Waals surface area contributed by atoms with Crippen LogP contribution in [0, 0.1) is 13.8 Å². The molecule has 1 aromatic heterocycles. The third-order valence-electron chi connectivity index (χ3n) is 4.19. The molecule has 0 radical (unpaired) electrons. The number of nitrogens with one attached hydrogen (secondary N) is 1. The molecule has 6 nitrogen and oxygen atoms in total. The summed E-state index contributed by atoms with van der Waals surface area (Å²) in [4.78, 5) is 24.0. The standard InChI is InChI=1S/C21H20N2O4/c1-4-26-21(25)15-7-9-17(10-8-15)22-20(24)18-12-19(27-23-18)16-6-5-13(2)14(3)11-16/h5-12H,4H2,1-3H3,(H,22,24). The molecule has 0 fully saturated rings. The summed E-state index contributed by atoms with van der Waals surface area (Å²) in [5, 5.41) is 6.58. The molecule has 0 unspecified atom stereocenters. The minimum Gasteiger partial charge on any atom is -0.462 e.